The normalized spacial score (nSPS) is 20.5. The lowest BCUT2D eigenvalue weighted by atomic mass is 9.96. The van der Waals surface area contributed by atoms with Crippen molar-refractivity contribution in [3.63, 3.8) is 0 Å². The Kier molecular flexibility index (Phi) is 5.55. The first-order valence-corrected chi connectivity index (χ1v) is 8.49. The van der Waals surface area contributed by atoms with Crippen LogP contribution in [0.15, 0.2) is 30.9 Å². The first-order valence-electron chi connectivity index (χ1n) is 8.49. The molecular weight excluding hydrogens is 318 g/mol. The van der Waals surface area contributed by atoms with Crippen LogP contribution < -0.4 is 4.74 Å². The smallest absolute Gasteiger partial charge is 0.417 e. The van der Waals surface area contributed by atoms with Crippen molar-refractivity contribution in [3.05, 3.63) is 42.0 Å². The number of hydrogen-bond acceptors (Lipinski definition) is 4. The quantitative estimate of drug-likeness (QED) is 0.759. The van der Waals surface area contributed by atoms with E-state index < -0.39 is 11.7 Å². The molecule has 5 heteroatoms. The molecule has 0 aromatic heterocycles. The molecule has 136 valence electrons. The second-order valence-electron chi connectivity index (χ2n) is 7.39. The van der Waals surface area contributed by atoms with Gasteiger partial charge >= 0.3 is 6.09 Å². The van der Waals surface area contributed by atoms with Crippen molar-refractivity contribution >= 4 is 12.0 Å². The number of allylic oxidation sites excluding steroid dienone is 1. The number of nitrogens with zero attached hydrogens (tertiary/aromatic N) is 1. The minimum atomic E-state index is -0.658. The van der Waals surface area contributed by atoms with Crippen molar-refractivity contribution in [2.45, 2.75) is 52.2 Å². The maximum atomic E-state index is 12.8. The van der Waals surface area contributed by atoms with Gasteiger partial charge in [-0.25, -0.2) is 9.69 Å². The van der Waals surface area contributed by atoms with Crippen LogP contribution in [0.3, 0.4) is 0 Å². The first kappa shape index (κ1) is 19.0. The summed E-state index contributed by atoms with van der Waals surface area (Å²) in [6.45, 7) is 11.0. The Morgan fingerprint density at radius 2 is 2.08 bits per heavy atom. The first-order chi connectivity index (χ1) is 11.7. The van der Waals surface area contributed by atoms with E-state index in [1.807, 2.05) is 25.1 Å². The van der Waals surface area contributed by atoms with Crippen molar-refractivity contribution in [2.75, 3.05) is 7.11 Å². The number of carbonyl (C=O) groups excluding carboxylic acids is 2. The molecule has 2 rings (SSSR count). The molecule has 1 aromatic rings. The fourth-order valence-corrected chi connectivity index (χ4v) is 3.15. The molecule has 1 aliphatic heterocycles. The molecule has 1 fully saturated rings. The molecule has 0 radical (unpaired) electrons. The highest BCUT2D eigenvalue weighted by Crippen LogP contribution is 2.40. The van der Waals surface area contributed by atoms with Gasteiger partial charge in [0.05, 0.1) is 13.2 Å². The van der Waals surface area contributed by atoms with Crippen LogP contribution in [0.4, 0.5) is 4.79 Å². The lowest BCUT2D eigenvalue weighted by Crippen LogP contribution is -2.39. The Balaban J connectivity index is 2.37. The maximum Gasteiger partial charge on any atom is 0.417 e. The van der Waals surface area contributed by atoms with Crippen molar-refractivity contribution < 1.29 is 19.1 Å². The summed E-state index contributed by atoms with van der Waals surface area (Å²) in [5, 5.41) is 0. The molecule has 1 aliphatic rings. The van der Waals surface area contributed by atoms with Crippen molar-refractivity contribution in [1.29, 1.82) is 0 Å². The Morgan fingerprint density at radius 1 is 1.40 bits per heavy atom. The SMILES string of the molecule is C=CC[C@H]1C[C@H](c2ccc(OC)c(C)c2)N(C(=O)OC(C)(C)C)C1=O. The molecule has 2 amide bonds. The van der Waals surface area contributed by atoms with Crippen LogP contribution in [0.1, 0.15) is 50.8 Å². The second-order valence-corrected chi connectivity index (χ2v) is 7.39. The highest BCUT2D eigenvalue weighted by Gasteiger charge is 2.44. The van der Waals surface area contributed by atoms with E-state index in [2.05, 4.69) is 6.58 Å². The molecule has 0 bridgehead atoms. The molecule has 1 saturated heterocycles. The summed E-state index contributed by atoms with van der Waals surface area (Å²) in [5.41, 5.74) is 1.21. The van der Waals surface area contributed by atoms with Crippen molar-refractivity contribution in [2.24, 2.45) is 5.92 Å². The summed E-state index contributed by atoms with van der Waals surface area (Å²) < 4.78 is 10.8. The lowest BCUT2D eigenvalue weighted by Gasteiger charge is -2.27. The number of benzene rings is 1. The highest BCUT2D eigenvalue weighted by atomic mass is 16.6. The van der Waals surface area contributed by atoms with Gasteiger partial charge in [-0.05, 0) is 57.7 Å². The summed E-state index contributed by atoms with van der Waals surface area (Å²) in [7, 11) is 1.62. The van der Waals surface area contributed by atoms with Gasteiger partial charge in [-0.3, -0.25) is 4.79 Å². The Morgan fingerprint density at radius 3 is 2.60 bits per heavy atom. The highest BCUT2D eigenvalue weighted by molar-refractivity contribution is 5.96. The van der Waals surface area contributed by atoms with Gasteiger partial charge in [0.25, 0.3) is 0 Å². The Labute approximate surface area is 149 Å². The Bertz CT molecular complexity index is 675. The van der Waals surface area contributed by atoms with Gasteiger partial charge in [-0.15, -0.1) is 6.58 Å². The number of methoxy groups -OCH3 is 1. The van der Waals surface area contributed by atoms with Gasteiger partial charge in [-0.1, -0.05) is 18.2 Å². The van der Waals surface area contributed by atoms with Gasteiger partial charge in [0.2, 0.25) is 5.91 Å². The summed E-state index contributed by atoms with van der Waals surface area (Å²) in [6, 6.07) is 5.39. The van der Waals surface area contributed by atoms with Gasteiger partial charge in [0.15, 0.2) is 0 Å². The third-order valence-electron chi connectivity index (χ3n) is 4.25. The van der Waals surface area contributed by atoms with Crippen LogP contribution in [0.2, 0.25) is 0 Å². The molecule has 0 spiro atoms. The zero-order valence-electron chi connectivity index (χ0n) is 15.7. The van der Waals surface area contributed by atoms with Crippen LogP contribution >= 0.6 is 0 Å². The summed E-state index contributed by atoms with van der Waals surface area (Å²) >= 11 is 0. The van der Waals surface area contributed by atoms with E-state index in [9.17, 15) is 9.59 Å². The summed E-state index contributed by atoms with van der Waals surface area (Å²) in [5.74, 6) is 0.324. The fraction of sp³-hybridized carbons (Fsp3) is 0.500. The van der Waals surface area contributed by atoms with Crippen molar-refractivity contribution in [1.82, 2.24) is 4.90 Å². The molecule has 2 atom stereocenters. The number of ether oxygens (including phenoxy) is 2. The summed E-state index contributed by atoms with van der Waals surface area (Å²) in [4.78, 5) is 26.7. The number of aryl methyl sites for hydroxylation is 1. The third-order valence-corrected chi connectivity index (χ3v) is 4.25. The molecule has 0 aliphatic carbocycles. The maximum absolute atomic E-state index is 12.8. The Hall–Kier alpha value is -2.30. The lowest BCUT2D eigenvalue weighted by molar-refractivity contribution is -0.131. The van der Waals surface area contributed by atoms with Gasteiger partial charge in [-0.2, -0.15) is 0 Å². The average molecular weight is 345 g/mol. The number of hydrogen-bond donors (Lipinski definition) is 0. The molecule has 0 N–H and O–H groups in total. The van der Waals surface area contributed by atoms with E-state index in [0.717, 1.165) is 16.9 Å². The van der Waals surface area contributed by atoms with E-state index >= 15 is 0 Å². The predicted octanol–water partition coefficient (Wildman–Crippen LogP) is 4.40. The van der Waals surface area contributed by atoms with E-state index in [0.29, 0.717) is 12.8 Å². The second kappa shape index (κ2) is 7.30. The number of imide groups is 1. The number of amides is 2. The monoisotopic (exact) mass is 345 g/mol. The van der Waals surface area contributed by atoms with Crippen LogP contribution in [-0.4, -0.2) is 29.6 Å². The molecular formula is C20H27NO4. The molecule has 5 nitrogen and oxygen atoms in total. The largest absolute Gasteiger partial charge is 0.496 e. The molecule has 25 heavy (non-hydrogen) atoms. The van der Waals surface area contributed by atoms with Crippen molar-refractivity contribution in [3.8, 4) is 5.75 Å². The molecule has 1 heterocycles. The number of likely N-dealkylation sites (tertiary alicyclic amines) is 1. The third kappa shape index (κ3) is 4.21. The molecule has 0 unspecified atom stereocenters. The standard InChI is InChI=1S/C20H27NO4/c1-7-8-15-12-16(14-9-10-17(24-6)13(2)11-14)21(18(15)22)19(23)25-20(3,4)5/h7,9-11,15-16H,1,8,12H2,2-6H3/t15-,16+/m0/s1. The van der Waals surface area contributed by atoms with E-state index in [1.54, 1.807) is 34.0 Å². The topological polar surface area (TPSA) is 55.8 Å². The predicted molar refractivity (Wildman–Crippen MR) is 96.5 cm³/mol. The average Bonchev–Trinajstić information content (AvgIpc) is 2.83. The van der Waals surface area contributed by atoms with Crippen LogP contribution in [0.25, 0.3) is 0 Å². The number of rotatable bonds is 4. The van der Waals surface area contributed by atoms with E-state index in [-0.39, 0.29) is 17.9 Å². The van der Waals surface area contributed by atoms with Gasteiger partial charge < -0.3 is 9.47 Å². The van der Waals surface area contributed by atoms with Crippen LogP contribution in [0.5, 0.6) is 5.75 Å². The fourth-order valence-electron chi connectivity index (χ4n) is 3.15. The minimum Gasteiger partial charge on any atom is -0.496 e. The van der Waals surface area contributed by atoms with E-state index in [1.165, 1.54) is 4.90 Å². The molecule has 0 saturated carbocycles. The van der Waals surface area contributed by atoms with Gasteiger partial charge in [0, 0.05) is 5.92 Å². The zero-order chi connectivity index (χ0) is 18.8. The van der Waals surface area contributed by atoms with Crippen LogP contribution in [0, 0.1) is 12.8 Å². The minimum absolute atomic E-state index is 0.201. The number of carbonyl (C=O) groups is 2. The van der Waals surface area contributed by atoms with E-state index in [4.69, 9.17) is 9.47 Å². The zero-order valence-corrected chi connectivity index (χ0v) is 15.7. The van der Waals surface area contributed by atoms with Crippen LogP contribution in [-0.2, 0) is 9.53 Å². The molecule has 1 aromatic carbocycles. The summed E-state index contributed by atoms with van der Waals surface area (Å²) in [6.07, 6.45) is 2.24. The van der Waals surface area contributed by atoms with Gasteiger partial charge in [0.1, 0.15) is 11.4 Å².